The number of nitrogens with zero attached hydrogens (tertiary/aromatic N) is 4. The van der Waals surface area contributed by atoms with Gasteiger partial charge in [0.25, 0.3) is 6.43 Å². The molecule has 0 radical (unpaired) electrons. The van der Waals surface area contributed by atoms with Crippen molar-refractivity contribution in [3.8, 4) is 5.88 Å². The largest absolute Gasteiger partial charge is 0.403 e. The third kappa shape index (κ3) is 3.41. The van der Waals surface area contributed by atoms with Crippen LogP contribution in [0.5, 0.6) is 5.88 Å². The predicted octanol–water partition coefficient (Wildman–Crippen LogP) is 2.58. The van der Waals surface area contributed by atoms with Gasteiger partial charge in [-0.05, 0) is 13.2 Å². The van der Waals surface area contributed by atoms with Crippen LogP contribution in [0.1, 0.15) is 29.5 Å². The summed E-state index contributed by atoms with van der Waals surface area (Å²) in [4.78, 5) is 12.1. The van der Waals surface area contributed by atoms with Crippen molar-refractivity contribution in [2.75, 3.05) is 6.26 Å². The highest BCUT2D eigenvalue weighted by Gasteiger charge is 2.22. The van der Waals surface area contributed by atoms with E-state index in [0.29, 0.717) is 6.54 Å². The lowest BCUT2D eigenvalue weighted by molar-refractivity contribution is 0.0706. The van der Waals surface area contributed by atoms with E-state index in [1.807, 2.05) is 6.92 Å². The molecule has 0 aliphatic rings. The fourth-order valence-electron chi connectivity index (χ4n) is 1.72. The summed E-state index contributed by atoms with van der Waals surface area (Å²) in [6, 6.07) is 2.58. The molecule has 0 saturated heterocycles. The second-order valence-electron chi connectivity index (χ2n) is 4.05. The normalized spacial score (nSPS) is 11.1. The van der Waals surface area contributed by atoms with Crippen molar-refractivity contribution < 1.29 is 18.3 Å². The van der Waals surface area contributed by atoms with Crippen LogP contribution >= 0.6 is 11.8 Å². The molecule has 2 aromatic heterocycles. The van der Waals surface area contributed by atoms with Crippen molar-refractivity contribution in [2.24, 2.45) is 0 Å². The third-order valence-electron chi connectivity index (χ3n) is 2.66. The molecule has 2 rings (SSSR count). The number of rotatable bonds is 6. The summed E-state index contributed by atoms with van der Waals surface area (Å²) in [5.74, 6) is -0.193. The van der Waals surface area contributed by atoms with Crippen LogP contribution in [-0.4, -0.2) is 31.8 Å². The monoisotopic (exact) mass is 316 g/mol. The lowest BCUT2D eigenvalue weighted by Crippen LogP contribution is -2.16. The molecule has 0 unspecified atom stereocenters. The number of ether oxygens (including phenoxy) is 1. The average Bonchev–Trinajstić information content (AvgIpc) is 3.05. The van der Waals surface area contributed by atoms with E-state index >= 15 is 0 Å². The fraction of sp³-hybridized carbons (Fsp3) is 0.417. The van der Waals surface area contributed by atoms with E-state index in [4.69, 9.17) is 4.74 Å². The summed E-state index contributed by atoms with van der Waals surface area (Å²) >= 11 is 1.36. The molecule has 0 fully saturated rings. The first-order valence-electron chi connectivity index (χ1n) is 6.15. The van der Waals surface area contributed by atoms with E-state index in [1.165, 1.54) is 33.4 Å². The number of aryl methyl sites for hydroxylation is 1. The van der Waals surface area contributed by atoms with Crippen LogP contribution in [0.2, 0.25) is 0 Å². The molecule has 6 nitrogen and oxygen atoms in total. The molecule has 2 aromatic rings. The van der Waals surface area contributed by atoms with Gasteiger partial charge in [-0.2, -0.15) is 10.2 Å². The number of aromatic nitrogens is 4. The van der Waals surface area contributed by atoms with Gasteiger partial charge >= 0.3 is 5.97 Å². The SMILES string of the molecule is CCn1nccc1OC(=O)c1cc(C(F)F)nn1CSC. The molecule has 2 heterocycles. The van der Waals surface area contributed by atoms with E-state index in [1.54, 1.807) is 6.26 Å². The van der Waals surface area contributed by atoms with Crippen molar-refractivity contribution in [1.29, 1.82) is 0 Å². The van der Waals surface area contributed by atoms with E-state index in [9.17, 15) is 13.6 Å². The van der Waals surface area contributed by atoms with Gasteiger partial charge in [0.1, 0.15) is 11.4 Å². The number of hydrogen-bond donors (Lipinski definition) is 0. The minimum atomic E-state index is -2.74. The van der Waals surface area contributed by atoms with Crippen molar-refractivity contribution in [3.05, 3.63) is 29.7 Å². The fourth-order valence-corrected chi connectivity index (χ4v) is 2.16. The number of alkyl halides is 2. The average molecular weight is 316 g/mol. The van der Waals surface area contributed by atoms with Crippen molar-refractivity contribution in [3.63, 3.8) is 0 Å². The Morgan fingerprint density at radius 3 is 2.86 bits per heavy atom. The lowest BCUT2D eigenvalue weighted by Gasteiger charge is -2.07. The maximum Gasteiger partial charge on any atom is 0.363 e. The van der Waals surface area contributed by atoms with Crippen LogP contribution in [0.3, 0.4) is 0 Å². The van der Waals surface area contributed by atoms with Gasteiger partial charge in [0.15, 0.2) is 0 Å². The summed E-state index contributed by atoms with van der Waals surface area (Å²) in [5.41, 5.74) is -0.455. The first-order chi connectivity index (χ1) is 10.1. The smallest absolute Gasteiger partial charge is 0.363 e. The highest BCUT2D eigenvalue weighted by molar-refractivity contribution is 7.97. The zero-order chi connectivity index (χ0) is 15.4. The Morgan fingerprint density at radius 1 is 1.48 bits per heavy atom. The van der Waals surface area contributed by atoms with Crippen LogP contribution in [-0.2, 0) is 12.4 Å². The third-order valence-corrected chi connectivity index (χ3v) is 3.16. The van der Waals surface area contributed by atoms with Crippen LogP contribution in [0, 0.1) is 0 Å². The Hall–Kier alpha value is -1.90. The maximum atomic E-state index is 12.7. The molecular weight excluding hydrogens is 302 g/mol. The highest BCUT2D eigenvalue weighted by atomic mass is 32.2. The van der Waals surface area contributed by atoms with Gasteiger partial charge in [-0.15, -0.1) is 11.8 Å². The molecule has 0 aromatic carbocycles. The van der Waals surface area contributed by atoms with Crippen molar-refractivity contribution in [1.82, 2.24) is 19.6 Å². The second-order valence-corrected chi connectivity index (χ2v) is 4.88. The summed E-state index contributed by atoms with van der Waals surface area (Å²) in [6.07, 6.45) is 0.543. The van der Waals surface area contributed by atoms with Gasteiger partial charge < -0.3 is 4.74 Å². The molecule has 0 saturated carbocycles. The molecule has 0 atom stereocenters. The Morgan fingerprint density at radius 2 is 2.24 bits per heavy atom. The quantitative estimate of drug-likeness (QED) is 0.767. The van der Waals surface area contributed by atoms with Crippen LogP contribution < -0.4 is 4.74 Å². The zero-order valence-electron chi connectivity index (χ0n) is 11.5. The van der Waals surface area contributed by atoms with Crippen LogP contribution in [0.25, 0.3) is 0 Å². The number of esters is 1. The number of carbonyl (C=O) groups is 1. The number of halogens is 2. The molecule has 0 amide bonds. The molecule has 21 heavy (non-hydrogen) atoms. The number of carbonyl (C=O) groups excluding carboxylic acids is 1. The summed E-state index contributed by atoms with van der Waals surface area (Å²) in [5, 5.41) is 7.68. The first kappa shape index (κ1) is 15.5. The first-order valence-corrected chi connectivity index (χ1v) is 7.55. The predicted molar refractivity (Wildman–Crippen MR) is 73.6 cm³/mol. The van der Waals surface area contributed by atoms with Gasteiger partial charge in [-0.3, -0.25) is 0 Å². The molecule has 0 aliphatic heterocycles. The Balaban J connectivity index is 2.25. The Labute approximate surface area is 124 Å². The van der Waals surface area contributed by atoms with E-state index in [-0.39, 0.29) is 17.5 Å². The second kappa shape index (κ2) is 6.70. The molecule has 9 heteroatoms. The molecule has 0 spiro atoms. The summed E-state index contributed by atoms with van der Waals surface area (Å²) in [7, 11) is 0. The van der Waals surface area contributed by atoms with Crippen molar-refractivity contribution >= 4 is 17.7 Å². The molecule has 0 N–H and O–H groups in total. The molecule has 114 valence electrons. The van der Waals surface area contributed by atoms with Crippen LogP contribution in [0.4, 0.5) is 8.78 Å². The Kier molecular flexibility index (Phi) is 4.94. The van der Waals surface area contributed by atoms with Gasteiger partial charge in [0.2, 0.25) is 5.88 Å². The van der Waals surface area contributed by atoms with Crippen LogP contribution in [0.15, 0.2) is 18.3 Å². The number of hydrogen-bond acceptors (Lipinski definition) is 5. The van der Waals surface area contributed by atoms with Gasteiger partial charge in [-0.25, -0.2) is 22.9 Å². The number of thioether (sulfide) groups is 1. The topological polar surface area (TPSA) is 61.9 Å². The Bertz CT molecular complexity index is 627. The summed E-state index contributed by atoms with van der Waals surface area (Å²) in [6.45, 7) is 2.37. The molecular formula is C12H14F2N4O2S. The zero-order valence-corrected chi connectivity index (χ0v) is 12.3. The highest BCUT2D eigenvalue weighted by Crippen LogP contribution is 2.21. The van der Waals surface area contributed by atoms with Crippen molar-refractivity contribution in [2.45, 2.75) is 25.8 Å². The minimum Gasteiger partial charge on any atom is -0.403 e. The van der Waals surface area contributed by atoms with E-state index in [2.05, 4.69) is 10.2 Å². The minimum absolute atomic E-state index is 0.0106. The van der Waals surface area contributed by atoms with E-state index < -0.39 is 18.1 Å². The summed E-state index contributed by atoms with van der Waals surface area (Å²) < 4.78 is 33.3. The lowest BCUT2D eigenvalue weighted by atomic mass is 10.3. The van der Waals surface area contributed by atoms with Gasteiger partial charge in [0, 0.05) is 18.7 Å². The van der Waals surface area contributed by atoms with Gasteiger partial charge in [-0.1, -0.05) is 0 Å². The molecule has 0 aliphatic carbocycles. The maximum absolute atomic E-state index is 12.7. The van der Waals surface area contributed by atoms with Gasteiger partial charge in [0.05, 0.1) is 12.1 Å². The molecule has 0 bridgehead atoms. The van der Waals surface area contributed by atoms with E-state index in [0.717, 1.165) is 6.07 Å². The standard InChI is InChI=1S/C12H14F2N4O2S/c1-3-17-10(4-5-15-17)20-12(19)9-6-8(11(13)14)16-18(9)7-21-2/h4-6,11H,3,7H2,1-2H3.